The summed E-state index contributed by atoms with van der Waals surface area (Å²) >= 11 is 5.84. The zero-order chi connectivity index (χ0) is 18.0. The Balaban J connectivity index is 1.64. The van der Waals surface area contributed by atoms with Crippen molar-refractivity contribution >= 4 is 23.2 Å². The Bertz CT molecular complexity index is 604. The molecule has 7 atom stereocenters. The second kappa shape index (κ2) is 5.79. The predicted molar refractivity (Wildman–Crippen MR) is 97.4 cm³/mol. The van der Waals surface area contributed by atoms with E-state index < -0.39 is 5.60 Å². The van der Waals surface area contributed by atoms with Crippen LogP contribution in [0.15, 0.2) is 0 Å². The average molecular weight is 367 g/mol. The van der Waals surface area contributed by atoms with Gasteiger partial charge >= 0.3 is 0 Å². The molecule has 3 nitrogen and oxygen atoms in total. The molecule has 140 valence electrons. The van der Waals surface area contributed by atoms with E-state index in [9.17, 15) is 14.7 Å². The molecule has 0 aliphatic heterocycles. The van der Waals surface area contributed by atoms with Crippen LogP contribution < -0.4 is 0 Å². The first-order chi connectivity index (χ1) is 11.8. The van der Waals surface area contributed by atoms with Gasteiger partial charge in [0.05, 0.1) is 5.88 Å². The van der Waals surface area contributed by atoms with Crippen LogP contribution in [0.3, 0.4) is 0 Å². The number of halogens is 1. The summed E-state index contributed by atoms with van der Waals surface area (Å²) in [6.45, 7) is 4.57. The van der Waals surface area contributed by atoms with Gasteiger partial charge in [-0.15, -0.1) is 11.6 Å². The van der Waals surface area contributed by atoms with Crippen molar-refractivity contribution in [3.63, 3.8) is 0 Å². The Morgan fingerprint density at radius 1 is 1.12 bits per heavy atom. The summed E-state index contributed by atoms with van der Waals surface area (Å²) in [6.07, 6.45) is 8.35. The molecule has 0 amide bonds. The van der Waals surface area contributed by atoms with Crippen molar-refractivity contribution in [2.75, 3.05) is 5.88 Å². The topological polar surface area (TPSA) is 54.4 Å². The third kappa shape index (κ3) is 2.27. The molecule has 4 heteroatoms. The van der Waals surface area contributed by atoms with Crippen LogP contribution in [0.2, 0.25) is 0 Å². The minimum atomic E-state index is -1.23. The molecule has 4 fully saturated rings. The van der Waals surface area contributed by atoms with Gasteiger partial charge in [-0.1, -0.05) is 13.8 Å². The first-order valence-corrected chi connectivity index (χ1v) is 10.6. The molecule has 0 aromatic rings. The van der Waals surface area contributed by atoms with Gasteiger partial charge < -0.3 is 5.11 Å². The van der Waals surface area contributed by atoms with Crippen LogP contribution in [0.1, 0.15) is 71.6 Å². The average Bonchev–Trinajstić information content (AvgIpc) is 2.87. The molecular formula is C21H31ClO3. The summed E-state index contributed by atoms with van der Waals surface area (Å²) < 4.78 is 0. The minimum Gasteiger partial charge on any atom is -0.381 e. The zero-order valence-electron chi connectivity index (χ0n) is 15.5. The Morgan fingerprint density at radius 3 is 2.56 bits per heavy atom. The van der Waals surface area contributed by atoms with Crippen molar-refractivity contribution in [1.29, 1.82) is 0 Å². The van der Waals surface area contributed by atoms with Crippen molar-refractivity contribution in [1.82, 2.24) is 0 Å². The van der Waals surface area contributed by atoms with Crippen LogP contribution in [-0.2, 0) is 9.59 Å². The van der Waals surface area contributed by atoms with Gasteiger partial charge in [-0.05, 0) is 74.0 Å². The molecule has 6 unspecified atom stereocenters. The van der Waals surface area contributed by atoms with Gasteiger partial charge in [-0.3, -0.25) is 9.59 Å². The minimum absolute atomic E-state index is 0.0885. The van der Waals surface area contributed by atoms with E-state index in [0.29, 0.717) is 35.9 Å². The molecule has 1 N–H and O–H groups in total. The number of hydrogen-bond donors (Lipinski definition) is 1. The molecule has 0 aromatic heterocycles. The third-order valence-electron chi connectivity index (χ3n) is 9.22. The Kier molecular flexibility index (Phi) is 4.16. The lowest BCUT2D eigenvalue weighted by Crippen LogP contribution is -2.59. The third-order valence-corrected chi connectivity index (χ3v) is 9.46. The smallest absolute Gasteiger partial charge is 0.179 e. The fraction of sp³-hybridized carbons (Fsp3) is 0.905. The number of Topliss-reactive ketones (excluding diaryl/α,β-unsaturated/α-hetero) is 2. The second-order valence-electron chi connectivity index (χ2n) is 9.81. The number of fused-ring (bicyclic) bond motifs is 5. The van der Waals surface area contributed by atoms with E-state index >= 15 is 0 Å². The number of alkyl halides is 1. The van der Waals surface area contributed by atoms with Crippen molar-refractivity contribution in [2.24, 2.45) is 34.5 Å². The number of carbonyl (C=O) groups is 2. The van der Waals surface area contributed by atoms with Crippen molar-refractivity contribution in [3.05, 3.63) is 0 Å². The Hall–Kier alpha value is -0.410. The van der Waals surface area contributed by atoms with Crippen LogP contribution >= 0.6 is 11.6 Å². The number of aliphatic hydroxyl groups is 1. The molecule has 0 bridgehead atoms. The zero-order valence-corrected chi connectivity index (χ0v) is 16.3. The van der Waals surface area contributed by atoms with Gasteiger partial charge in [-0.2, -0.15) is 0 Å². The number of hydrogen-bond acceptors (Lipinski definition) is 3. The van der Waals surface area contributed by atoms with Crippen LogP contribution in [0.25, 0.3) is 0 Å². The first-order valence-electron chi connectivity index (χ1n) is 10.1. The van der Waals surface area contributed by atoms with Gasteiger partial charge in [0.15, 0.2) is 5.78 Å². The van der Waals surface area contributed by atoms with Crippen LogP contribution in [0.5, 0.6) is 0 Å². The summed E-state index contributed by atoms with van der Waals surface area (Å²) in [4.78, 5) is 24.4. The lowest BCUT2D eigenvalue weighted by molar-refractivity contribution is -0.168. The summed E-state index contributed by atoms with van der Waals surface area (Å²) in [6, 6.07) is 0. The highest BCUT2D eigenvalue weighted by Gasteiger charge is 2.66. The lowest BCUT2D eigenvalue weighted by atomic mass is 9.44. The van der Waals surface area contributed by atoms with Gasteiger partial charge in [0, 0.05) is 18.3 Å². The van der Waals surface area contributed by atoms with E-state index in [0.717, 1.165) is 51.4 Å². The first kappa shape index (κ1) is 18.0. The largest absolute Gasteiger partial charge is 0.381 e. The fourth-order valence-corrected chi connectivity index (χ4v) is 7.85. The van der Waals surface area contributed by atoms with Crippen LogP contribution in [0, 0.1) is 34.5 Å². The Labute approximate surface area is 155 Å². The molecule has 0 spiro atoms. The van der Waals surface area contributed by atoms with Gasteiger partial charge in [0.25, 0.3) is 0 Å². The summed E-state index contributed by atoms with van der Waals surface area (Å²) in [7, 11) is 0. The van der Waals surface area contributed by atoms with Gasteiger partial charge in [0.2, 0.25) is 0 Å². The molecule has 4 aliphatic rings. The fourth-order valence-electron chi connectivity index (χ4n) is 7.63. The highest BCUT2D eigenvalue weighted by Crippen LogP contribution is 2.68. The molecule has 25 heavy (non-hydrogen) atoms. The van der Waals surface area contributed by atoms with E-state index in [4.69, 9.17) is 11.6 Å². The second-order valence-corrected chi connectivity index (χ2v) is 10.1. The van der Waals surface area contributed by atoms with E-state index in [2.05, 4.69) is 13.8 Å². The Morgan fingerprint density at radius 2 is 1.84 bits per heavy atom. The summed E-state index contributed by atoms with van der Waals surface area (Å²) in [5.41, 5.74) is -1.28. The monoisotopic (exact) mass is 366 g/mol. The van der Waals surface area contributed by atoms with Crippen molar-refractivity contribution < 1.29 is 14.7 Å². The van der Waals surface area contributed by atoms with Crippen molar-refractivity contribution in [3.8, 4) is 0 Å². The maximum Gasteiger partial charge on any atom is 0.179 e. The highest BCUT2D eigenvalue weighted by molar-refractivity contribution is 6.28. The normalized spacial score (nSPS) is 52.2. The van der Waals surface area contributed by atoms with E-state index in [1.54, 1.807) is 0 Å². The highest BCUT2D eigenvalue weighted by atomic mass is 35.5. The molecule has 4 rings (SSSR count). The molecular weight excluding hydrogens is 336 g/mol. The number of carbonyl (C=O) groups excluding carboxylic acids is 2. The summed E-state index contributed by atoms with van der Waals surface area (Å²) in [5.74, 6) is 2.37. The summed E-state index contributed by atoms with van der Waals surface area (Å²) in [5, 5.41) is 11.3. The number of rotatable bonds is 2. The van der Waals surface area contributed by atoms with E-state index in [1.807, 2.05) is 0 Å². The van der Waals surface area contributed by atoms with Crippen molar-refractivity contribution in [2.45, 2.75) is 77.2 Å². The maximum absolute atomic E-state index is 12.5. The van der Waals surface area contributed by atoms with Gasteiger partial charge in [0.1, 0.15) is 11.4 Å². The molecule has 0 saturated heterocycles. The maximum atomic E-state index is 12.5. The van der Waals surface area contributed by atoms with E-state index in [1.165, 1.54) is 0 Å². The quantitative estimate of drug-likeness (QED) is 0.747. The van der Waals surface area contributed by atoms with Crippen LogP contribution in [0.4, 0.5) is 0 Å². The molecule has 0 aromatic carbocycles. The number of ketones is 2. The molecule has 0 heterocycles. The molecule has 4 saturated carbocycles. The van der Waals surface area contributed by atoms with Crippen LogP contribution in [-0.4, -0.2) is 28.2 Å². The predicted octanol–water partition coefficient (Wildman–Crippen LogP) is 4.14. The SMILES string of the molecule is CC12CCC(=O)CC1CCC1C2CCC2(C)C1CC[C@]2(O)C(=O)CCl. The molecule has 0 radical (unpaired) electrons. The standard InChI is InChI=1S/C21H31ClO3/c1-19-8-5-14(23)11-13(19)3-4-15-16(19)6-9-20(2)17(15)7-10-21(20,25)18(24)12-22/h13,15-17,25H,3-12H2,1-2H3/t13?,15?,16?,17?,19?,20?,21-/m0/s1. The lowest BCUT2D eigenvalue weighted by Gasteiger charge is -2.60. The molecule has 4 aliphatic carbocycles. The van der Waals surface area contributed by atoms with Gasteiger partial charge in [-0.25, -0.2) is 0 Å². The van der Waals surface area contributed by atoms with E-state index in [-0.39, 0.29) is 22.5 Å².